The van der Waals surface area contributed by atoms with Crippen LogP contribution in [0.15, 0.2) is 18.2 Å². The number of halogens is 3. The first-order chi connectivity index (χ1) is 9.43. The molecule has 1 aromatic carbocycles. The smallest absolute Gasteiger partial charge is 0.344 e. The molecule has 20 heavy (non-hydrogen) atoms. The van der Waals surface area contributed by atoms with E-state index >= 15 is 0 Å². The molecule has 1 fully saturated rings. The van der Waals surface area contributed by atoms with E-state index < -0.39 is 11.7 Å². The minimum absolute atomic E-state index is 0.138. The summed E-state index contributed by atoms with van der Waals surface area (Å²) in [5.74, 6) is 0. The van der Waals surface area contributed by atoms with Gasteiger partial charge in [0.2, 0.25) is 0 Å². The molecule has 1 aliphatic heterocycles. The molecule has 1 aliphatic rings. The van der Waals surface area contributed by atoms with E-state index in [0.29, 0.717) is 16.8 Å². The van der Waals surface area contributed by atoms with E-state index in [2.05, 4.69) is 10.3 Å². The van der Waals surface area contributed by atoms with Crippen LogP contribution in [0.2, 0.25) is 0 Å². The molecule has 0 saturated carbocycles. The first-order valence-corrected chi connectivity index (χ1v) is 6.97. The number of hydrogen-bond donors (Lipinski definition) is 2. The molecule has 0 spiro atoms. The molecular weight excluding hydrogens is 289 g/mol. The summed E-state index contributed by atoms with van der Waals surface area (Å²) in [6, 6.07) is 3.63. The zero-order valence-electron chi connectivity index (χ0n) is 10.4. The van der Waals surface area contributed by atoms with Crippen molar-refractivity contribution in [3.05, 3.63) is 23.8 Å². The maximum atomic E-state index is 12.7. The van der Waals surface area contributed by atoms with Gasteiger partial charge in [-0.15, -0.1) is 0 Å². The van der Waals surface area contributed by atoms with Crippen molar-refractivity contribution in [2.45, 2.75) is 12.3 Å². The molecule has 3 N–H and O–H groups in total. The van der Waals surface area contributed by atoms with Crippen LogP contribution in [0.5, 0.6) is 0 Å². The van der Waals surface area contributed by atoms with Crippen LogP contribution in [0.25, 0.3) is 10.2 Å². The number of rotatable bonds is 1. The monoisotopic (exact) mass is 302 g/mol. The minimum atomic E-state index is -4.32. The third-order valence-electron chi connectivity index (χ3n) is 3.18. The first-order valence-electron chi connectivity index (χ1n) is 6.15. The van der Waals surface area contributed by atoms with E-state index in [4.69, 9.17) is 5.73 Å². The second kappa shape index (κ2) is 4.87. The van der Waals surface area contributed by atoms with Crippen molar-refractivity contribution in [3.8, 4) is 0 Å². The molecule has 0 bridgehead atoms. The van der Waals surface area contributed by atoms with Crippen molar-refractivity contribution in [3.63, 3.8) is 0 Å². The maximum absolute atomic E-state index is 12.7. The van der Waals surface area contributed by atoms with Gasteiger partial charge in [-0.25, -0.2) is 4.98 Å². The van der Waals surface area contributed by atoms with Gasteiger partial charge in [0.15, 0.2) is 5.13 Å². The first kappa shape index (κ1) is 13.6. The van der Waals surface area contributed by atoms with Crippen molar-refractivity contribution < 1.29 is 13.2 Å². The third kappa shape index (κ3) is 2.58. The van der Waals surface area contributed by atoms with Gasteiger partial charge in [0.25, 0.3) is 0 Å². The lowest BCUT2D eigenvalue weighted by atomic mass is 10.2. The number of hydrogen-bond acceptors (Lipinski definition) is 5. The van der Waals surface area contributed by atoms with E-state index in [9.17, 15) is 13.2 Å². The molecule has 3 rings (SSSR count). The summed E-state index contributed by atoms with van der Waals surface area (Å²) < 4.78 is 38.6. The summed E-state index contributed by atoms with van der Waals surface area (Å²) in [6.07, 6.45) is -4.46. The highest BCUT2D eigenvalue weighted by atomic mass is 32.1. The zero-order valence-corrected chi connectivity index (χ0v) is 11.3. The number of nitrogens with two attached hydrogens (primary N) is 1. The van der Waals surface area contributed by atoms with Crippen LogP contribution in [-0.2, 0) is 6.18 Å². The fourth-order valence-electron chi connectivity index (χ4n) is 2.18. The molecular formula is C12H13F3N4S. The lowest BCUT2D eigenvalue weighted by Gasteiger charge is -2.31. The largest absolute Gasteiger partial charge is 0.416 e. The van der Waals surface area contributed by atoms with Gasteiger partial charge in [-0.1, -0.05) is 11.3 Å². The molecule has 0 radical (unpaired) electrons. The van der Waals surface area contributed by atoms with Gasteiger partial charge in [-0.2, -0.15) is 13.2 Å². The summed E-state index contributed by atoms with van der Waals surface area (Å²) >= 11 is 1.27. The van der Waals surface area contributed by atoms with Crippen LogP contribution in [0.4, 0.5) is 18.3 Å². The number of thiazole rings is 1. The summed E-state index contributed by atoms with van der Waals surface area (Å²) in [4.78, 5) is 6.39. The van der Waals surface area contributed by atoms with Crippen molar-refractivity contribution in [2.75, 3.05) is 24.5 Å². The van der Waals surface area contributed by atoms with Gasteiger partial charge in [0.05, 0.1) is 21.9 Å². The number of benzene rings is 1. The van der Waals surface area contributed by atoms with Crippen molar-refractivity contribution in [1.29, 1.82) is 0 Å². The predicted octanol–water partition coefficient (Wildman–Crippen LogP) is 2.01. The second-order valence-electron chi connectivity index (χ2n) is 4.68. The molecule has 1 atom stereocenters. The fourth-order valence-corrected chi connectivity index (χ4v) is 3.22. The minimum Gasteiger partial charge on any atom is -0.344 e. The Morgan fingerprint density at radius 3 is 2.90 bits per heavy atom. The van der Waals surface area contributed by atoms with Crippen LogP contribution >= 0.6 is 11.3 Å². The quantitative estimate of drug-likeness (QED) is 0.846. The van der Waals surface area contributed by atoms with Crippen LogP contribution in [0.1, 0.15) is 5.56 Å². The van der Waals surface area contributed by atoms with E-state index in [1.54, 1.807) is 0 Å². The average molecular weight is 302 g/mol. The SMILES string of the molecule is N[C@@H]1CN(c2nc3ccc(C(F)(F)F)cc3s2)CCN1. The molecule has 0 amide bonds. The van der Waals surface area contributed by atoms with Gasteiger partial charge < -0.3 is 10.6 Å². The van der Waals surface area contributed by atoms with Gasteiger partial charge >= 0.3 is 6.18 Å². The topological polar surface area (TPSA) is 54.2 Å². The Balaban J connectivity index is 1.94. The van der Waals surface area contributed by atoms with Crippen LogP contribution in [0, 0.1) is 0 Å². The molecule has 1 aromatic heterocycles. The van der Waals surface area contributed by atoms with Crippen molar-refractivity contribution >= 4 is 26.7 Å². The predicted molar refractivity (Wildman–Crippen MR) is 72.8 cm³/mol. The molecule has 2 aromatic rings. The van der Waals surface area contributed by atoms with Crippen LogP contribution in [-0.4, -0.2) is 30.8 Å². The van der Waals surface area contributed by atoms with Gasteiger partial charge in [-0.3, -0.25) is 5.32 Å². The summed E-state index contributed by atoms with van der Waals surface area (Å²) in [5, 5.41) is 3.83. The Morgan fingerprint density at radius 1 is 1.40 bits per heavy atom. The van der Waals surface area contributed by atoms with Gasteiger partial charge in [-0.05, 0) is 18.2 Å². The number of anilines is 1. The number of fused-ring (bicyclic) bond motifs is 1. The highest BCUT2D eigenvalue weighted by Gasteiger charge is 2.31. The lowest BCUT2D eigenvalue weighted by molar-refractivity contribution is -0.137. The molecule has 4 nitrogen and oxygen atoms in total. The number of piperazine rings is 1. The van der Waals surface area contributed by atoms with E-state index in [-0.39, 0.29) is 6.17 Å². The van der Waals surface area contributed by atoms with E-state index in [0.717, 1.165) is 30.4 Å². The number of alkyl halides is 3. The van der Waals surface area contributed by atoms with Crippen LogP contribution < -0.4 is 16.0 Å². The fraction of sp³-hybridized carbons (Fsp3) is 0.417. The van der Waals surface area contributed by atoms with Crippen molar-refractivity contribution in [1.82, 2.24) is 10.3 Å². The third-order valence-corrected chi connectivity index (χ3v) is 4.26. The molecule has 1 saturated heterocycles. The molecule has 0 unspecified atom stereocenters. The van der Waals surface area contributed by atoms with E-state index in [1.165, 1.54) is 17.4 Å². The Morgan fingerprint density at radius 2 is 2.20 bits per heavy atom. The normalized spacial score (nSPS) is 20.6. The van der Waals surface area contributed by atoms with E-state index in [1.807, 2.05) is 4.90 Å². The Kier molecular flexibility index (Phi) is 3.31. The number of aromatic nitrogens is 1. The second-order valence-corrected chi connectivity index (χ2v) is 5.69. The Hall–Kier alpha value is -1.38. The maximum Gasteiger partial charge on any atom is 0.416 e. The molecule has 0 aliphatic carbocycles. The van der Waals surface area contributed by atoms with Gasteiger partial charge in [0, 0.05) is 19.6 Å². The lowest BCUT2D eigenvalue weighted by Crippen LogP contribution is -2.55. The number of nitrogens with zero attached hydrogens (tertiary/aromatic N) is 2. The Labute approximate surface area is 117 Å². The zero-order chi connectivity index (χ0) is 14.3. The van der Waals surface area contributed by atoms with Crippen molar-refractivity contribution in [2.24, 2.45) is 5.73 Å². The Bertz CT molecular complexity index is 625. The summed E-state index contributed by atoms with van der Waals surface area (Å²) in [5.41, 5.74) is 5.76. The highest BCUT2D eigenvalue weighted by molar-refractivity contribution is 7.22. The van der Waals surface area contributed by atoms with Crippen LogP contribution in [0.3, 0.4) is 0 Å². The standard InChI is InChI=1S/C12H13F3N4S/c13-12(14,15)7-1-2-8-9(5-7)20-11(18-8)19-4-3-17-10(16)6-19/h1-2,5,10,17H,3-4,6,16H2/t10-/m0/s1. The van der Waals surface area contributed by atoms with Gasteiger partial charge in [0.1, 0.15) is 0 Å². The molecule has 8 heteroatoms. The summed E-state index contributed by atoms with van der Waals surface area (Å²) in [6.45, 7) is 2.09. The molecule has 2 heterocycles. The average Bonchev–Trinajstić information content (AvgIpc) is 2.80. The summed E-state index contributed by atoms with van der Waals surface area (Å²) in [7, 11) is 0. The highest BCUT2D eigenvalue weighted by Crippen LogP contribution is 2.35. The molecule has 108 valence electrons. The number of nitrogens with one attached hydrogen (secondary N) is 1.